The highest BCUT2D eigenvalue weighted by atomic mass is 16.2. The SMILES string of the molecule is CNC(=O)N1CCCC(c2nc(-c3cnc(-c4ccccc4)[nH+]c3)cn2C(=O)NC)C1.CNC(=O)N1CCCC(c2ncc(-c3cnc(-c4ccccc4)nc3)[nH]2)C1. The average Bonchev–Trinajstić information content (AvgIpc) is 3.99. The van der Waals surface area contributed by atoms with Gasteiger partial charge in [0.15, 0.2) is 12.0 Å². The normalized spacial score (nSPS) is 16.5. The van der Waals surface area contributed by atoms with Crippen LogP contribution in [0.5, 0.6) is 0 Å². The summed E-state index contributed by atoms with van der Waals surface area (Å²) in [5.74, 6) is 3.20. The van der Waals surface area contributed by atoms with Gasteiger partial charge in [-0.05, 0) is 42.8 Å². The van der Waals surface area contributed by atoms with E-state index in [0.717, 1.165) is 71.8 Å². The van der Waals surface area contributed by atoms with Crippen LogP contribution in [0.15, 0.2) is 97.8 Å². The van der Waals surface area contributed by atoms with Crippen LogP contribution < -0.4 is 20.9 Å². The number of imidazole rings is 2. The maximum absolute atomic E-state index is 12.5. The molecule has 2 atom stereocenters. The summed E-state index contributed by atoms with van der Waals surface area (Å²) in [5, 5.41) is 8.04. The maximum Gasteiger partial charge on any atom is 0.327 e. The van der Waals surface area contributed by atoms with Crippen LogP contribution in [0.25, 0.3) is 45.3 Å². The van der Waals surface area contributed by atoms with Gasteiger partial charge in [-0.25, -0.2) is 39.3 Å². The van der Waals surface area contributed by atoms with E-state index in [-0.39, 0.29) is 29.9 Å². The lowest BCUT2D eigenvalue weighted by Crippen LogP contribution is -2.44. The predicted octanol–water partition coefficient (Wildman–Crippen LogP) is 5.19. The van der Waals surface area contributed by atoms with Gasteiger partial charge in [-0.1, -0.05) is 48.5 Å². The zero-order valence-electron chi connectivity index (χ0n) is 32.9. The Hall–Kier alpha value is -6.97. The minimum Gasteiger partial charge on any atom is -0.342 e. The number of piperidine rings is 2. The van der Waals surface area contributed by atoms with Crippen molar-refractivity contribution < 1.29 is 19.4 Å². The van der Waals surface area contributed by atoms with Crippen molar-refractivity contribution in [2.24, 2.45) is 0 Å². The molecule has 16 nitrogen and oxygen atoms in total. The van der Waals surface area contributed by atoms with Crippen molar-refractivity contribution in [1.29, 1.82) is 0 Å². The van der Waals surface area contributed by atoms with Crippen molar-refractivity contribution in [3.05, 3.63) is 109 Å². The first-order chi connectivity index (χ1) is 28.3. The summed E-state index contributed by atoms with van der Waals surface area (Å²) in [7, 11) is 4.88. The minimum absolute atomic E-state index is 0.0300. The zero-order chi connectivity index (χ0) is 40.4. The van der Waals surface area contributed by atoms with Gasteiger partial charge in [-0.2, -0.15) is 0 Å². The van der Waals surface area contributed by atoms with Gasteiger partial charge in [0.2, 0.25) is 0 Å². The Bertz CT molecular complexity index is 2290. The lowest BCUT2D eigenvalue weighted by molar-refractivity contribution is -0.368. The van der Waals surface area contributed by atoms with E-state index >= 15 is 0 Å². The molecule has 298 valence electrons. The van der Waals surface area contributed by atoms with Crippen LogP contribution in [-0.4, -0.2) is 110 Å². The Morgan fingerprint density at radius 1 is 0.672 bits per heavy atom. The second-order valence-corrected chi connectivity index (χ2v) is 14.2. The number of carbonyl (C=O) groups is 3. The van der Waals surface area contributed by atoms with Gasteiger partial charge in [0.25, 0.3) is 0 Å². The van der Waals surface area contributed by atoms with E-state index in [9.17, 15) is 14.4 Å². The van der Waals surface area contributed by atoms with Gasteiger partial charge in [-0.3, -0.25) is 4.57 Å². The number of hydrogen-bond acceptors (Lipinski definition) is 8. The molecule has 6 aromatic rings. The monoisotopic (exact) mass is 782 g/mol. The molecule has 2 saturated heterocycles. The zero-order valence-corrected chi connectivity index (χ0v) is 32.9. The van der Waals surface area contributed by atoms with Gasteiger partial charge < -0.3 is 30.7 Å². The largest absolute Gasteiger partial charge is 0.342 e. The molecular formula is C42H48N13O3+. The van der Waals surface area contributed by atoms with Gasteiger partial charge in [0, 0.05) is 88.9 Å². The minimum atomic E-state index is -0.260. The van der Waals surface area contributed by atoms with Gasteiger partial charge in [0.1, 0.15) is 17.8 Å². The van der Waals surface area contributed by atoms with E-state index in [0.29, 0.717) is 37.0 Å². The molecule has 0 bridgehead atoms. The third kappa shape index (κ3) is 9.01. The number of carbonyl (C=O) groups excluding carboxylic acids is 3. The number of nitrogens with one attached hydrogen (secondary N) is 5. The van der Waals surface area contributed by atoms with Crippen LogP contribution in [0.3, 0.4) is 0 Å². The van der Waals surface area contributed by atoms with Crippen molar-refractivity contribution in [2.75, 3.05) is 47.3 Å². The Morgan fingerprint density at radius 2 is 1.26 bits per heavy atom. The molecule has 2 fully saturated rings. The number of likely N-dealkylation sites (tertiary alicyclic amines) is 2. The number of aromatic amines is 2. The summed E-state index contributed by atoms with van der Waals surface area (Å²) in [4.78, 5) is 69.5. The number of hydrogen-bond donors (Lipinski definition) is 4. The second kappa shape index (κ2) is 18.3. The van der Waals surface area contributed by atoms with E-state index in [4.69, 9.17) is 4.98 Å². The Labute approximate surface area is 336 Å². The Morgan fingerprint density at radius 3 is 1.86 bits per heavy atom. The highest BCUT2D eigenvalue weighted by molar-refractivity contribution is 5.79. The first-order valence-corrected chi connectivity index (χ1v) is 19.5. The number of benzene rings is 2. The number of aromatic nitrogens is 8. The van der Waals surface area contributed by atoms with Crippen LogP contribution in [0.2, 0.25) is 0 Å². The average molecular weight is 783 g/mol. The standard InChI is InChI=1S/C22H25N7O2.C20H22N6O/c1-23-21(30)28-10-6-9-16(13-28)20-27-18(14-29(20)22(31)24-2)17-11-25-19(26-12-17)15-7-4-3-5-8-15;1-21-20(27)26-9-5-8-15(13-26)19-24-12-17(25-19)16-10-22-18(23-11-16)14-6-3-2-4-7-14/h3-5,7-8,11-12,14,16H,6,9-10,13H2,1-2H3,(H,23,30)(H,24,31);2-4,6-7,10-12,15H,5,8-9,13H2,1H3,(H,21,27)(H,24,25)/p+1. The van der Waals surface area contributed by atoms with Crippen molar-refractivity contribution in [2.45, 2.75) is 37.5 Å². The molecule has 6 heterocycles. The fourth-order valence-electron chi connectivity index (χ4n) is 7.32. The summed E-state index contributed by atoms with van der Waals surface area (Å²) in [6.07, 6.45) is 14.5. The van der Waals surface area contributed by atoms with Crippen molar-refractivity contribution >= 4 is 18.1 Å². The number of rotatable bonds is 6. The molecule has 0 radical (unpaired) electrons. The molecule has 5 amide bonds. The smallest absolute Gasteiger partial charge is 0.327 e. The number of nitrogens with zero attached hydrogens (tertiary/aromatic N) is 8. The van der Waals surface area contributed by atoms with Crippen LogP contribution in [-0.2, 0) is 0 Å². The molecule has 58 heavy (non-hydrogen) atoms. The van der Waals surface area contributed by atoms with Gasteiger partial charge in [-0.15, -0.1) is 0 Å². The molecule has 5 N–H and O–H groups in total. The molecule has 0 spiro atoms. The summed E-state index contributed by atoms with van der Waals surface area (Å²) in [5.41, 5.74) is 5.20. The second-order valence-electron chi connectivity index (χ2n) is 14.2. The molecule has 0 saturated carbocycles. The summed E-state index contributed by atoms with van der Waals surface area (Å²) in [6.45, 7) is 2.68. The predicted molar refractivity (Wildman–Crippen MR) is 218 cm³/mol. The molecule has 0 aliphatic carbocycles. The summed E-state index contributed by atoms with van der Waals surface area (Å²) in [6, 6.07) is 19.3. The number of urea groups is 2. The highest BCUT2D eigenvalue weighted by Gasteiger charge is 2.30. The van der Waals surface area contributed by atoms with Crippen molar-refractivity contribution in [1.82, 2.24) is 60.2 Å². The maximum atomic E-state index is 12.5. The summed E-state index contributed by atoms with van der Waals surface area (Å²) >= 11 is 0. The third-order valence-electron chi connectivity index (χ3n) is 10.4. The Balaban J connectivity index is 0.000000178. The van der Waals surface area contributed by atoms with Crippen molar-refractivity contribution in [3.63, 3.8) is 0 Å². The van der Waals surface area contributed by atoms with Gasteiger partial charge >= 0.3 is 23.9 Å². The lowest BCUT2D eigenvalue weighted by atomic mass is 9.97. The molecule has 2 aliphatic heterocycles. The highest BCUT2D eigenvalue weighted by Crippen LogP contribution is 2.30. The van der Waals surface area contributed by atoms with Crippen LogP contribution >= 0.6 is 0 Å². The van der Waals surface area contributed by atoms with Crippen LogP contribution in [0.1, 0.15) is 49.2 Å². The van der Waals surface area contributed by atoms with E-state index in [1.165, 1.54) is 0 Å². The lowest BCUT2D eigenvalue weighted by Gasteiger charge is -2.32. The molecule has 2 aliphatic rings. The summed E-state index contributed by atoms with van der Waals surface area (Å²) < 4.78 is 1.54. The van der Waals surface area contributed by atoms with Crippen LogP contribution in [0.4, 0.5) is 14.4 Å². The fourth-order valence-corrected chi connectivity index (χ4v) is 7.32. The molecule has 16 heteroatoms. The number of H-pyrrole nitrogens is 2. The number of amides is 5. The van der Waals surface area contributed by atoms with Crippen molar-refractivity contribution in [3.8, 4) is 45.3 Å². The quantitative estimate of drug-likeness (QED) is 0.177. The van der Waals surface area contributed by atoms with Gasteiger partial charge in [0.05, 0.1) is 28.7 Å². The van der Waals surface area contributed by atoms with E-state index < -0.39 is 0 Å². The first-order valence-electron chi connectivity index (χ1n) is 19.5. The third-order valence-corrected chi connectivity index (χ3v) is 10.4. The van der Waals surface area contributed by atoms with E-state index in [1.807, 2.05) is 90.4 Å². The van der Waals surface area contributed by atoms with E-state index in [2.05, 4.69) is 45.9 Å². The molecular weight excluding hydrogens is 735 g/mol. The topological polar surface area (TPSA) is 193 Å². The molecule has 2 unspecified atom stereocenters. The first kappa shape index (κ1) is 39.3. The Kier molecular flexibility index (Phi) is 12.4. The molecule has 8 rings (SSSR count). The van der Waals surface area contributed by atoms with Crippen LogP contribution in [0, 0.1) is 0 Å². The molecule has 4 aromatic heterocycles. The fraction of sp³-hybridized carbons (Fsp3) is 0.310. The molecule has 2 aromatic carbocycles. The van der Waals surface area contributed by atoms with E-state index in [1.54, 1.807) is 43.0 Å².